The third kappa shape index (κ3) is 6.51. The van der Waals surface area contributed by atoms with Crippen molar-refractivity contribution in [2.45, 2.75) is 59.0 Å². The molecule has 2 saturated heterocycles. The maximum Gasteiger partial charge on any atom is 0.237 e. The molecule has 3 unspecified atom stereocenters. The highest BCUT2D eigenvalue weighted by molar-refractivity contribution is 5.82. The maximum absolute atomic E-state index is 13.1. The van der Waals surface area contributed by atoms with E-state index in [4.69, 9.17) is 4.74 Å². The van der Waals surface area contributed by atoms with Crippen molar-refractivity contribution in [1.82, 2.24) is 20.0 Å². The Morgan fingerprint density at radius 1 is 1.10 bits per heavy atom. The van der Waals surface area contributed by atoms with E-state index >= 15 is 0 Å². The minimum atomic E-state index is -0.118. The molecular formula is C24H40N4O2. The van der Waals surface area contributed by atoms with Crippen LogP contribution in [0.5, 0.6) is 0 Å². The quantitative estimate of drug-likeness (QED) is 0.738. The van der Waals surface area contributed by atoms with Gasteiger partial charge in [-0.2, -0.15) is 0 Å². The average Bonchev–Trinajstić information content (AvgIpc) is 2.68. The number of morpholine rings is 1. The predicted octanol–water partition coefficient (Wildman–Crippen LogP) is 2.18. The zero-order chi connectivity index (χ0) is 21.7. The van der Waals surface area contributed by atoms with Crippen molar-refractivity contribution in [2.24, 2.45) is 5.92 Å². The van der Waals surface area contributed by atoms with Gasteiger partial charge in [0.15, 0.2) is 0 Å². The van der Waals surface area contributed by atoms with Gasteiger partial charge in [0.25, 0.3) is 0 Å². The Morgan fingerprint density at radius 2 is 1.73 bits per heavy atom. The van der Waals surface area contributed by atoms with E-state index < -0.39 is 0 Å². The van der Waals surface area contributed by atoms with E-state index in [1.807, 2.05) is 0 Å². The van der Waals surface area contributed by atoms with Crippen LogP contribution in [0.3, 0.4) is 0 Å². The molecule has 2 aliphatic rings. The first kappa shape index (κ1) is 23.2. The number of ether oxygens (including phenoxy) is 1. The number of carbonyl (C=O) groups is 1. The highest BCUT2D eigenvalue weighted by atomic mass is 16.5. The van der Waals surface area contributed by atoms with Crippen LogP contribution in [-0.2, 0) is 22.6 Å². The first-order valence-corrected chi connectivity index (χ1v) is 11.5. The number of amides is 1. The number of nitrogens with zero attached hydrogens (tertiary/aromatic N) is 3. The van der Waals surface area contributed by atoms with Crippen LogP contribution in [0, 0.1) is 5.92 Å². The lowest BCUT2D eigenvalue weighted by Gasteiger charge is -2.41. The largest absolute Gasteiger partial charge is 0.373 e. The number of benzene rings is 1. The molecule has 2 heterocycles. The summed E-state index contributed by atoms with van der Waals surface area (Å²) in [7, 11) is 2.18. The number of hydrogen-bond acceptors (Lipinski definition) is 5. The van der Waals surface area contributed by atoms with Crippen molar-refractivity contribution in [3.63, 3.8) is 0 Å². The van der Waals surface area contributed by atoms with Gasteiger partial charge in [-0.25, -0.2) is 0 Å². The van der Waals surface area contributed by atoms with Crippen molar-refractivity contribution >= 4 is 5.91 Å². The summed E-state index contributed by atoms with van der Waals surface area (Å²) in [6, 6.07) is 8.53. The second-order valence-corrected chi connectivity index (χ2v) is 9.52. The van der Waals surface area contributed by atoms with Crippen molar-refractivity contribution in [2.75, 3.05) is 46.3 Å². The molecule has 6 nitrogen and oxygen atoms in total. The molecule has 2 fully saturated rings. The smallest absolute Gasteiger partial charge is 0.237 e. The van der Waals surface area contributed by atoms with E-state index in [2.05, 4.69) is 79.0 Å². The van der Waals surface area contributed by atoms with Crippen LogP contribution in [0.2, 0.25) is 0 Å². The molecule has 30 heavy (non-hydrogen) atoms. The molecule has 0 radical (unpaired) electrons. The number of nitrogens with one attached hydrogen (secondary N) is 1. The molecule has 3 rings (SSSR count). The Balaban J connectivity index is 1.56. The van der Waals surface area contributed by atoms with Gasteiger partial charge in [0, 0.05) is 52.4 Å². The van der Waals surface area contributed by atoms with Gasteiger partial charge in [-0.15, -0.1) is 0 Å². The van der Waals surface area contributed by atoms with Gasteiger partial charge in [0.05, 0.1) is 18.2 Å². The summed E-state index contributed by atoms with van der Waals surface area (Å²) >= 11 is 0. The van der Waals surface area contributed by atoms with Gasteiger partial charge in [0.2, 0.25) is 5.91 Å². The van der Waals surface area contributed by atoms with Gasteiger partial charge in [-0.05, 0) is 37.9 Å². The third-order valence-corrected chi connectivity index (χ3v) is 6.20. The molecule has 0 spiro atoms. The molecule has 0 aliphatic carbocycles. The molecular weight excluding hydrogens is 376 g/mol. The standard InChI is InChI=1S/C24H40N4O2/c1-18(2)23(28-15-19(3)30-20(4)16-28)24(29)25-14-21-7-6-8-22(13-21)17-27-11-9-26(5)10-12-27/h6-8,13,18-20,23H,9-12,14-17H2,1-5H3,(H,25,29). The highest BCUT2D eigenvalue weighted by Gasteiger charge is 2.34. The number of rotatable bonds is 7. The monoisotopic (exact) mass is 416 g/mol. The van der Waals surface area contributed by atoms with Crippen LogP contribution >= 0.6 is 0 Å². The molecule has 1 N–H and O–H groups in total. The topological polar surface area (TPSA) is 48.1 Å². The Hall–Kier alpha value is -1.47. The van der Waals surface area contributed by atoms with Gasteiger partial charge < -0.3 is 15.0 Å². The lowest BCUT2D eigenvalue weighted by Crippen LogP contribution is -2.56. The molecule has 6 heteroatoms. The lowest BCUT2D eigenvalue weighted by molar-refractivity contribution is -0.135. The summed E-state index contributed by atoms with van der Waals surface area (Å²) in [4.78, 5) is 20.3. The summed E-state index contributed by atoms with van der Waals surface area (Å²) in [6.45, 7) is 16.1. The molecule has 1 aromatic rings. The molecule has 168 valence electrons. The van der Waals surface area contributed by atoms with Crippen LogP contribution in [0.15, 0.2) is 24.3 Å². The zero-order valence-electron chi connectivity index (χ0n) is 19.4. The minimum Gasteiger partial charge on any atom is -0.373 e. The van der Waals surface area contributed by atoms with E-state index in [1.54, 1.807) is 0 Å². The Morgan fingerprint density at radius 3 is 2.37 bits per heavy atom. The fourth-order valence-corrected chi connectivity index (χ4v) is 4.73. The van der Waals surface area contributed by atoms with Crippen LogP contribution in [0.4, 0.5) is 0 Å². The van der Waals surface area contributed by atoms with Gasteiger partial charge in [-0.1, -0.05) is 38.1 Å². The molecule has 1 amide bonds. The van der Waals surface area contributed by atoms with E-state index in [0.29, 0.717) is 6.54 Å². The lowest BCUT2D eigenvalue weighted by atomic mass is 9.99. The predicted molar refractivity (Wildman–Crippen MR) is 121 cm³/mol. The summed E-state index contributed by atoms with van der Waals surface area (Å²) in [5.74, 6) is 0.377. The first-order chi connectivity index (χ1) is 14.3. The summed E-state index contributed by atoms with van der Waals surface area (Å²) in [6.07, 6.45) is 0.322. The normalized spacial score (nSPS) is 25.4. The fraction of sp³-hybridized carbons (Fsp3) is 0.708. The van der Waals surface area contributed by atoms with E-state index in [-0.39, 0.29) is 30.1 Å². The number of piperazine rings is 1. The minimum absolute atomic E-state index is 0.118. The van der Waals surface area contributed by atoms with Crippen LogP contribution in [0.25, 0.3) is 0 Å². The van der Waals surface area contributed by atoms with Crippen LogP contribution < -0.4 is 5.32 Å². The molecule has 3 atom stereocenters. The zero-order valence-corrected chi connectivity index (χ0v) is 19.4. The third-order valence-electron chi connectivity index (χ3n) is 6.20. The van der Waals surface area contributed by atoms with Crippen LogP contribution in [-0.4, -0.2) is 85.2 Å². The van der Waals surface area contributed by atoms with Gasteiger partial charge in [-0.3, -0.25) is 14.6 Å². The van der Waals surface area contributed by atoms with E-state index in [9.17, 15) is 4.79 Å². The molecule has 2 aliphatic heterocycles. The molecule has 1 aromatic carbocycles. The van der Waals surface area contributed by atoms with E-state index in [0.717, 1.165) is 45.8 Å². The Bertz CT molecular complexity index is 678. The maximum atomic E-state index is 13.1. The SMILES string of the molecule is CC1CN(C(C(=O)NCc2cccc(CN3CCN(C)CC3)c2)C(C)C)CC(C)O1. The van der Waals surface area contributed by atoms with Crippen molar-refractivity contribution < 1.29 is 9.53 Å². The number of carbonyl (C=O) groups excluding carboxylic acids is 1. The first-order valence-electron chi connectivity index (χ1n) is 11.5. The molecule has 0 saturated carbocycles. The second kappa shape index (κ2) is 10.7. The number of likely N-dealkylation sites (N-methyl/N-ethyl adjacent to an activating group) is 1. The van der Waals surface area contributed by atoms with E-state index in [1.165, 1.54) is 11.1 Å². The number of hydrogen-bond donors (Lipinski definition) is 1. The van der Waals surface area contributed by atoms with Crippen LogP contribution in [0.1, 0.15) is 38.8 Å². The molecule has 0 aromatic heterocycles. The van der Waals surface area contributed by atoms with Crippen molar-refractivity contribution in [3.05, 3.63) is 35.4 Å². The summed E-state index contributed by atoms with van der Waals surface area (Å²) in [5.41, 5.74) is 2.49. The van der Waals surface area contributed by atoms with Crippen molar-refractivity contribution in [1.29, 1.82) is 0 Å². The second-order valence-electron chi connectivity index (χ2n) is 9.52. The van der Waals surface area contributed by atoms with Gasteiger partial charge in [0.1, 0.15) is 0 Å². The highest BCUT2D eigenvalue weighted by Crippen LogP contribution is 2.19. The van der Waals surface area contributed by atoms with Gasteiger partial charge >= 0.3 is 0 Å². The van der Waals surface area contributed by atoms with Crippen molar-refractivity contribution in [3.8, 4) is 0 Å². The summed E-state index contributed by atoms with van der Waals surface area (Å²) in [5, 5.41) is 3.20. The Kier molecular flexibility index (Phi) is 8.28. The summed E-state index contributed by atoms with van der Waals surface area (Å²) < 4.78 is 5.86. The average molecular weight is 417 g/mol. The Labute approximate surface area is 182 Å². The molecule has 0 bridgehead atoms. The fourth-order valence-electron chi connectivity index (χ4n) is 4.73.